The van der Waals surface area contributed by atoms with Crippen LogP contribution in [-0.2, 0) is 9.59 Å². The summed E-state index contributed by atoms with van der Waals surface area (Å²) in [6.07, 6.45) is 0.0151. The summed E-state index contributed by atoms with van der Waals surface area (Å²) in [6.45, 7) is 0. The highest BCUT2D eigenvalue weighted by Crippen LogP contribution is 2.40. The molecule has 0 radical (unpaired) electrons. The van der Waals surface area contributed by atoms with Gasteiger partial charge in [-0.15, -0.1) is 0 Å². The maximum atomic E-state index is 13.5. The van der Waals surface area contributed by atoms with E-state index in [1.54, 1.807) is 31.4 Å². The van der Waals surface area contributed by atoms with Crippen molar-refractivity contribution in [2.24, 2.45) is 0 Å². The number of rotatable bonds is 6. The van der Waals surface area contributed by atoms with Crippen molar-refractivity contribution in [2.45, 2.75) is 16.7 Å². The van der Waals surface area contributed by atoms with E-state index in [0.717, 1.165) is 27.5 Å². The average molecular weight is 542 g/mol. The molecule has 0 unspecified atom stereocenters. The lowest BCUT2D eigenvalue weighted by atomic mass is 9.97. The minimum atomic E-state index is -0.708. The van der Waals surface area contributed by atoms with Crippen LogP contribution in [0.1, 0.15) is 12.0 Å². The molecule has 7 heteroatoms. The third kappa shape index (κ3) is 4.59. The van der Waals surface area contributed by atoms with Gasteiger partial charge in [0.1, 0.15) is 16.8 Å². The molecule has 0 aliphatic carbocycles. The number of ether oxygens (including phenoxy) is 1. The number of nitrogens with zero attached hydrogens (tertiary/aromatic N) is 3. The summed E-state index contributed by atoms with van der Waals surface area (Å²) < 4.78 is 5.20. The van der Waals surface area contributed by atoms with Gasteiger partial charge in [-0.1, -0.05) is 84.6 Å². The van der Waals surface area contributed by atoms with Gasteiger partial charge in [-0.05, 0) is 46.7 Å². The molecule has 4 aromatic carbocycles. The number of carbonyl (C=O) groups is 2. The molecule has 6 nitrogen and oxygen atoms in total. The number of benzene rings is 4. The second kappa shape index (κ2) is 10.7. The molecule has 1 aliphatic rings. The summed E-state index contributed by atoms with van der Waals surface area (Å²) in [4.78, 5) is 32.6. The van der Waals surface area contributed by atoms with Gasteiger partial charge in [0.05, 0.1) is 29.3 Å². The first kappa shape index (κ1) is 25.4. The number of carbonyl (C=O) groups excluding carboxylic acids is 2. The van der Waals surface area contributed by atoms with E-state index in [1.165, 1.54) is 16.7 Å². The lowest BCUT2D eigenvalue weighted by Crippen LogP contribution is -2.31. The van der Waals surface area contributed by atoms with Crippen molar-refractivity contribution >= 4 is 40.0 Å². The van der Waals surface area contributed by atoms with E-state index in [9.17, 15) is 14.9 Å². The van der Waals surface area contributed by atoms with Crippen molar-refractivity contribution in [2.75, 3.05) is 12.0 Å². The first-order valence-corrected chi connectivity index (χ1v) is 13.6. The molecular weight excluding hydrogens is 518 g/mol. The highest BCUT2D eigenvalue weighted by molar-refractivity contribution is 8.00. The second-order valence-corrected chi connectivity index (χ2v) is 10.5. The lowest BCUT2D eigenvalue weighted by molar-refractivity contribution is -0.121. The summed E-state index contributed by atoms with van der Waals surface area (Å²) in [5, 5.41) is 12.1. The normalized spacial score (nSPS) is 14.9. The van der Waals surface area contributed by atoms with Crippen LogP contribution in [0, 0.1) is 11.3 Å². The number of fused-ring (bicyclic) bond motifs is 1. The van der Waals surface area contributed by atoms with Crippen LogP contribution in [0.3, 0.4) is 0 Å². The Kier molecular flexibility index (Phi) is 6.77. The SMILES string of the molecule is COc1ccc(N2C(=O)C[C@@H](Sc3nc(-c4cccc5ccccc45)cc(-c4ccccc4)c3C#N)C2=O)cc1. The minimum absolute atomic E-state index is 0.0151. The number of nitriles is 1. The van der Waals surface area contributed by atoms with E-state index in [0.29, 0.717) is 27.7 Å². The molecule has 1 fully saturated rings. The van der Waals surface area contributed by atoms with Crippen LogP contribution in [0.25, 0.3) is 33.2 Å². The third-order valence-corrected chi connectivity index (χ3v) is 8.11. The van der Waals surface area contributed by atoms with Crippen molar-refractivity contribution in [3.63, 3.8) is 0 Å². The first-order valence-electron chi connectivity index (χ1n) is 12.7. The largest absolute Gasteiger partial charge is 0.497 e. The van der Waals surface area contributed by atoms with Crippen LogP contribution in [0.2, 0.25) is 0 Å². The quantitative estimate of drug-likeness (QED) is 0.218. The second-order valence-electron chi connectivity index (χ2n) is 9.32. The van der Waals surface area contributed by atoms with Gasteiger partial charge in [0, 0.05) is 17.5 Å². The number of amides is 2. The number of methoxy groups -OCH3 is 1. The Morgan fingerprint density at radius 1 is 0.900 bits per heavy atom. The Balaban J connectivity index is 1.45. The fraction of sp³-hybridized carbons (Fsp3) is 0.0909. The summed E-state index contributed by atoms with van der Waals surface area (Å²) in [5.41, 5.74) is 4.09. The number of hydrogen-bond acceptors (Lipinski definition) is 6. The van der Waals surface area contributed by atoms with E-state index < -0.39 is 5.25 Å². The Bertz CT molecular complexity index is 1790. The van der Waals surface area contributed by atoms with Gasteiger partial charge in [-0.3, -0.25) is 9.59 Å². The van der Waals surface area contributed by atoms with Crippen molar-refractivity contribution in [3.05, 3.63) is 109 Å². The van der Waals surface area contributed by atoms with Crippen LogP contribution in [0.5, 0.6) is 5.75 Å². The van der Waals surface area contributed by atoms with Gasteiger partial charge in [-0.25, -0.2) is 9.88 Å². The molecule has 0 bridgehead atoms. The van der Waals surface area contributed by atoms with E-state index in [1.807, 2.05) is 78.9 Å². The smallest absolute Gasteiger partial charge is 0.247 e. The Labute approximate surface area is 235 Å². The highest BCUT2D eigenvalue weighted by Gasteiger charge is 2.41. The number of imide groups is 1. The number of pyridine rings is 1. The molecule has 1 atom stereocenters. The van der Waals surface area contributed by atoms with Crippen molar-refractivity contribution in [3.8, 4) is 34.2 Å². The molecule has 0 spiro atoms. The predicted octanol–water partition coefficient (Wildman–Crippen LogP) is 6.87. The minimum Gasteiger partial charge on any atom is -0.497 e. The Hall–Kier alpha value is -4.93. The van der Waals surface area contributed by atoms with E-state index in [2.05, 4.69) is 6.07 Å². The Morgan fingerprint density at radius 3 is 2.38 bits per heavy atom. The summed E-state index contributed by atoms with van der Waals surface area (Å²) >= 11 is 1.17. The molecular formula is C33H23N3O3S. The van der Waals surface area contributed by atoms with Crippen molar-refractivity contribution in [1.29, 1.82) is 5.26 Å². The standard InChI is InChI=1S/C33H23N3O3S/c1-39-24-16-14-23(15-17-24)36-31(37)19-30(33(36)38)40-32-28(20-34)27(22-8-3-2-4-9-22)18-29(35-32)26-13-7-11-21-10-5-6-12-25(21)26/h2-18,30H,19H2,1H3/t30-/m1/s1. The molecule has 5 aromatic rings. The topological polar surface area (TPSA) is 83.3 Å². The molecule has 1 saturated heterocycles. The van der Waals surface area contributed by atoms with E-state index >= 15 is 0 Å². The zero-order valence-electron chi connectivity index (χ0n) is 21.6. The van der Waals surface area contributed by atoms with Crippen LogP contribution >= 0.6 is 11.8 Å². The van der Waals surface area contributed by atoms with Gasteiger partial charge in [-0.2, -0.15) is 5.26 Å². The van der Waals surface area contributed by atoms with Crippen LogP contribution in [0.15, 0.2) is 108 Å². The summed E-state index contributed by atoms with van der Waals surface area (Å²) in [5.74, 6) is 0.0117. The third-order valence-electron chi connectivity index (χ3n) is 6.94. The summed E-state index contributed by atoms with van der Waals surface area (Å²) in [7, 11) is 1.56. The highest BCUT2D eigenvalue weighted by atomic mass is 32.2. The van der Waals surface area contributed by atoms with E-state index in [4.69, 9.17) is 9.72 Å². The zero-order valence-corrected chi connectivity index (χ0v) is 22.4. The van der Waals surface area contributed by atoms with E-state index in [-0.39, 0.29) is 18.2 Å². The van der Waals surface area contributed by atoms with Crippen LogP contribution < -0.4 is 9.64 Å². The lowest BCUT2D eigenvalue weighted by Gasteiger charge is -2.17. The molecule has 0 N–H and O–H groups in total. The predicted molar refractivity (Wildman–Crippen MR) is 157 cm³/mol. The van der Waals surface area contributed by atoms with Gasteiger partial charge in [0.25, 0.3) is 0 Å². The zero-order chi connectivity index (χ0) is 27.6. The van der Waals surface area contributed by atoms with Crippen molar-refractivity contribution < 1.29 is 14.3 Å². The Morgan fingerprint density at radius 2 is 1.62 bits per heavy atom. The van der Waals surface area contributed by atoms with Gasteiger partial charge in [0.2, 0.25) is 11.8 Å². The molecule has 194 valence electrons. The molecule has 2 heterocycles. The van der Waals surface area contributed by atoms with Gasteiger partial charge < -0.3 is 4.74 Å². The fourth-order valence-corrected chi connectivity index (χ4v) is 6.11. The molecule has 40 heavy (non-hydrogen) atoms. The average Bonchev–Trinajstić information content (AvgIpc) is 3.28. The first-order chi connectivity index (χ1) is 19.6. The van der Waals surface area contributed by atoms with Crippen LogP contribution in [-0.4, -0.2) is 29.2 Å². The maximum Gasteiger partial charge on any atom is 0.247 e. The molecule has 1 aromatic heterocycles. The number of anilines is 1. The fourth-order valence-electron chi connectivity index (χ4n) is 4.98. The monoisotopic (exact) mass is 541 g/mol. The summed E-state index contributed by atoms with van der Waals surface area (Å²) in [6, 6.07) is 34.9. The number of hydrogen-bond donors (Lipinski definition) is 0. The van der Waals surface area contributed by atoms with Gasteiger partial charge in [0.15, 0.2) is 0 Å². The maximum absolute atomic E-state index is 13.5. The number of aromatic nitrogens is 1. The molecule has 6 rings (SSSR count). The molecule has 1 aliphatic heterocycles. The van der Waals surface area contributed by atoms with Gasteiger partial charge >= 0.3 is 0 Å². The molecule has 2 amide bonds. The number of thioether (sulfide) groups is 1. The molecule has 0 saturated carbocycles. The van der Waals surface area contributed by atoms with Crippen molar-refractivity contribution in [1.82, 2.24) is 4.98 Å². The van der Waals surface area contributed by atoms with Crippen LogP contribution in [0.4, 0.5) is 5.69 Å².